The zero-order valence-corrected chi connectivity index (χ0v) is 53.3. The van der Waals surface area contributed by atoms with Crippen molar-refractivity contribution in [1.29, 1.82) is 0 Å². The van der Waals surface area contributed by atoms with Crippen LogP contribution >= 0.6 is 0 Å². The molecule has 0 aliphatic heterocycles. The third-order valence-corrected chi connectivity index (χ3v) is 15.4. The highest BCUT2D eigenvalue weighted by Gasteiger charge is 2.19. The van der Waals surface area contributed by atoms with E-state index in [4.69, 9.17) is 14.2 Å². The van der Waals surface area contributed by atoms with E-state index < -0.39 is 6.10 Å². The molecule has 1 unspecified atom stereocenters. The molecule has 0 N–H and O–H groups in total. The first-order valence-corrected chi connectivity index (χ1v) is 34.9. The summed E-state index contributed by atoms with van der Waals surface area (Å²) in [6, 6.07) is 0. The third kappa shape index (κ3) is 65.7. The second-order valence-corrected chi connectivity index (χ2v) is 23.4. The van der Waals surface area contributed by atoms with Crippen molar-refractivity contribution in [2.45, 2.75) is 367 Å². The van der Waals surface area contributed by atoms with Crippen molar-refractivity contribution < 1.29 is 28.6 Å². The van der Waals surface area contributed by atoms with E-state index in [9.17, 15) is 14.4 Å². The Kier molecular flexibility index (Phi) is 65.7. The van der Waals surface area contributed by atoms with Gasteiger partial charge in [0.1, 0.15) is 13.2 Å². The van der Waals surface area contributed by atoms with E-state index in [0.29, 0.717) is 19.3 Å². The van der Waals surface area contributed by atoms with Gasteiger partial charge in [0.25, 0.3) is 0 Å². The molecule has 0 aromatic carbocycles. The second kappa shape index (κ2) is 68.3. The molecule has 464 valence electrons. The Morgan fingerprint density at radius 1 is 0.263 bits per heavy atom. The zero-order valence-electron chi connectivity index (χ0n) is 53.3. The normalized spacial score (nSPS) is 12.5. The first-order valence-electron chi connectivity index (χ1n) is 34.9. The van der Waals surface area contributed by atoms with Crippen LogP contribution in [0.5, 0.6) is 0 Å². The molecule has 6 heteroatoms. The minimum absolute atomic E-state index is 0.0977. The highest BCUT2D eigenvalue weighted by molar-refractivity contribution is 5.71. The first-order chi connectivity index (χ1) is 39.5. The lowest BCUT2D eigenvalue weighted by Crippen LogP contribution is -2.30. The third-order valence-electron chi connectivity index (χ3n) is 15.4. The summed E-state index contributed by atoms with van der Waals surface area (Å²) < 4.78 is 16.9. The fourth-order valence-corrected chi connectivity index (χ4v) is 10.2. The van der Waals surface area contributed by atoms with Crippen molar-refractivity contribution >= 4 is 17.9 Å². The number of esters is 3. The summed E-state index contributed by atoms with van der Waals surface area (Å²) in [7, 11) is 0. The van der Waals surface area contributed by atoms with Crippen molar-refractivity contribution in [2.24, 2.45) is 0 Å². The predicted molar refractivity (Wildman–Crippen MR) is 348 cm³/mol. The SMILES string of the molecule is CC/C=C\C/C=C\C/C=C\C/C=C\CCC(=O)OCC(COC(=O)CCCCCCCCCCCCCCCCCCCCCCC/C=C\CCCCCCCCCC)OC(=O)CCCCCCC/C=C\CCCCCCCCC. The van der Waals surface area contributed by atoms with Gasteiger partial charge >= 0.3 is 17.9 Å². The van der Waals surface area contributed by atoms with E-state index in [1.165, 1.54) is 238 Å². The molecule has 0 spiro atoms. The number of unbranched alkanes of at least 4 members (excludes halogenated alkanes) is 41. The van der Waals surface area contributed by atoms with Gasteiger partial charge in [-0.05, 0) is 96.3 Å². The highest BCUT2D eigenvalue weighted by Crippen LogP contribution is 2.18. The monoisotopic (exact) mass is 1120 g/mol. The Labute approximate surface area is 497 Å². The van der Waals surface area contributed by atoms with Crippen LogP contribution < -0.4 is 0 Å². The number of rotatable bonds is 64. The maximum Gasteiger partial charge on any atom is 0.306 e. The summed E-state index contributed by atoms with van der Waals surface area (Å²) in [4.78, 5) is 38.3. The molecular formula is C74H132O6. The molecule has 0 saturated heterocycles. The smallest absolute Gasteiger partial charge is 0.306 e. The fraction of sp³-hybridized carbons (Fsp3) is 0.797. The summed E-state index contributed by atoms with van der Waals surface area (Å²) in [6.07, 6.45) is 89.7. The van der Waals surface area contributed by atoms with Crippen LogP contribution in [0.3, 0.4) is 0 Å². The molecule has 0 radical (unpaired) electrons. The van der Waals surface area contributed by atoms with E-state index in [0.717, 1.165) is 77.0 Å². The highest BCUT2D eigenvalue weighted by atomic mass is 16.6. The molecule has 1 atom stereocenters. The van der Waals surface area contributed by atoms with Crippen LogP contribution in [0.1, 0.15) is 361 Å². The number of allylic oxidation sites excluding steroid dienone is 12. The van der Waals surface area contributed by atoms with E-state index in [2.05, 4.69) is 87.6 Å². The van der Waals surface area contributed by atoms with E-state index >= 15 is 0 Å². The summed E-state index contributed by atoms with van der Waals surface area (Å²) >= 11 is 0. The van der Waals surface area contributed by atoms with Gasteiger partial charge in [-0.25, -0.2) is 0 Å². The largest absolute Gasteiger partial charge is 0.462 e. The second-order valence-electron chi connectivity index (χ2n) is 23.4. The van der Waals surface area contributed by atoms with E-state index in [-0.39, 0.29) is 37.5 Å². The van der Waals surface area contributed by atoms with Gasteiger partial charge in [0, 0.05) is 19.3 Å². The minimum Gasteiger partial charge on any atom is -0.462 e. The molecule has 0 amide bonds. The van der Waals surface area contributed by atoms with Crippen molar-refractivity contribution in [3.05, 3.63) is 72.9 Å². The van der Waals surface area contributed by atoms with Crippen molar-refractivity contribution in [2.75, 3.05) is 13.2 Å². The average molecular weight is 1120 g/mol. The van der Waals surface area contributed by atoms with Gasteiger partial charge in [-0.3, -0.25) is 14.4 Å². The Balaban J connectivity index is 4.15. The van der Waals surface area contributed by atoms with Crippen LogP contribution in [-0.2, 0) is 28.6 Å². The van der Waals surface area contributed by atoms with Gasteiger partial charge in [-0.1, -0.05) is 318 Å². The molecule has 0 aromatic rings. The molecule has 0 aliphatic rings. The molecule has 0 heterocycles. The lowest BCUT2D eigenvalue weighted by Gasteiger charge is -2.18. The van der Waals surface area contributed by atoms with Crippen LogP contribution in [0, 0.1) is 0 Å². The summed E-state index contributed by atoms with van der Waals surface area (Å²) in [5.41, 5.74) is 0. The average Bonchev–Trinajstić information content (AvgIpc) is 3.46. The van der Waals surface area contributed by atoms with Crippen LogP contribution in [0.2, 0.25) is 0 Å². The van der Waals surface area contributed by atoms with Gasteiger partial charge in [0.05, 0.1) is 0 Å². The number of hydrogen-bond donors (Lipinski definition) is 0. The number of hydrogen-bond acceptors (Lipinski definition) is 6. The van der Waals surface area contributed by atoms with Gasteiger partial charge < -0.3 is 14.2 Å². The molecule has 80 heavy (non-hydrogen) atoms. The van der Waals surface area contributed by atoms with Crippen LogP contribution in [0.25, 0.3) is 0 Å². The molecule has 0 aromatic heterocycles. The van der Waals surface area contributed by atoms with Crippen LogP contribution in [-0.4, -0.2) is 37.2 Å². The van der Waals surface area contributed by atoms with Crippen LogP contribution in [0.4, 0.5) is 0 Å². The number of carbonyl (C=O) groups excluding carboxylic acids is 3. The fourth-order valence-electron chi connectivity index (χ4n) is 10.2. The molecule has 0 saturated carbocycles. The Morgan fingerprint density at radius 2 is 0.512 bits per heavy atom. The summed E-state index contributed by atoms with van der Waals surface area (Å²) in [6.45, 7) is 6.49. The van der Waals surface area contributed by atoms with Gasteiger partial charge in [0.15, 0.2) is 6.10 Å². The van der Waals surface area contributed by atoms with Gasteiger partial charge in [-0.15, -0.1) is 0 Å². The lowest BCUT2D eigenvalue weighted by atomic mass is 10.0. The van der Waals surface area contributed by atoms with Crippen molar-refractivity contribution in [3.8, 4) is 0 Å². The van der Waals surface area contributed by atoms with Gasteiger partial charge in [-0.2, -0.15) is 0 Å². The maximum absolute atomic E-state index is 12.9. The Hall–Kier alpha value is -3.15. The Morgan fingerprint density at radius 3 is 0.838 bits per heavy atom. The topological polar surface area (TPSA) is 78.9 Å². The molecule has 0 fully saturated rings. The van der Waals surface area contributed by atoms with E-state index in [1.54, 1.807) is 0 Å². The molecule has 0 bridgehead atoms. The number of carbonyl (C=O) groups is 3. The maximum atomic E-state index is 12.9. The molecule has 6 nitrogen and oxygen atoms in total. The summed E-state index contributed by atoms with van der Waals surface area (Å²) in [5.74, 6) is -0.975. The Bertz CT molecular complexity index is 1470. The summed E-state index contributed by atoms with van der Waals surface area (Å²) in [5, 5.41) is 0. The first kappa shape index (κ1) is 76.9. The zero-order chi connectivity index (χ0) is 57.8. The van der Waals surface area contributed by atoms with Crippen molar-refractivity contribution in [1.82, 2.24) is 0 Å². The van der Waals surface area contributed by atoms with Crippen molar-refractivity contribution in [3.63, 3.8) is 0 Å². The standard InChI is InChI=1S/C74H132O6/c1-4-7-10-13-16-19-22-25-27-29-30-31-32-33-34-35-36-37-38-39-40-41-42-43-44-45-47-49-52-55-58-61-64-67-73(76)79-70-71(69-78-72(75)66-63-60-57-54-51-48-24-21-18-15-12-9-6-3)80-74(77)68-65-62-59-56-53-50-46-28-26-23-20-17-14-11-8-5-2/h9,12,18,21,28-30,46,48,51,57,60,71H,4-8,10-11,13-17,19-20,22-27,31-45,47,49-50,52-56,58-59,61-70H2,1-3H3/b12-9-,21-18-,30-29-,46-28-,51-48-,60-57-. The quantitative estimate of drug-likeness (QED) is 0.0261. The molecular weight excluding hydrogens is 985 g/mol. The molecule has 0 rings (SSSR count). The minimum atomic E-state index is -0.808. The lowest BCUT2D eigenvalue weighted by molar-refractivity contribution is -0.166. The van der Waals surface area contributed by atoms with Gasteiger partial charge in [0.2, 0.25) is 0 Å². The van der Waals surface area contributed by atoms with E-state index in [1.807, 2.05) is 6.08 Å². The number of ether oxygens (including phenoxy) is 3. The van der Waals surface area contributed by atoms with Crippen LogP contribution in [0.15, 0.2) is 72.9 Å². The molecule has 0 aliphatic carbocycles. The predicted octanol–water partition coefficient (Wildman–Crippen LogP) is 24.1.